The molecular formula is C19H25ClN2O5. The van der Waals surface area contributed by atoms with Crippen LogP contribution in [0.25, 0.3) is 0 Å². The first-order valence-corrected chi connectivity index (χ1v) is 8.79. The number of carbonyl (C=O) groups excluding carboxylic acids is 2. The number of primary amides is 1. The molecule has 0 bridgehead atoms. The highest BCUT2D eigenvalue weighted by Gasteiger charge is 2.21. The summed E-state index contributed by atoms with van der Waals surface area (Å²) in [4.78, 5) is 23.1. The van der Waals surface area contributed by atoms with E-state index in [0.29, 0.717) is 16.3 Å². The highest BCUT2D eigenvalue weighted by molar-refractivity contribution is 6.33. The fourth-order valence-corrected chi connectivity index (χ4v) is 2.26. The normalized spacial score (nSPS) is 11.7. The lowest BCUT2D eigenvalue weighted by molar-refractivity contribution is -0.118. The van der Waals surface area contributed by atoms with Gasteiger partial charge < -0.3 is 25.6 Å². The molecule has 0 aromatic heterocycles. The summed E-state index contributed by atoms with van der Waals surface area (Å²) in [7, 11) is 0. The number of hydrogen-bond acceptors (Lipinski definition) is 5. The Bertz CT molecular complexity index is 719. The third-order valence-corrected chi connectivity index (χ3v) is 3.56. The minimum atomic E-state index is -0.651. The summed E-state index contributed by atoms with van der Waals surface area (Å²) in [5, 5.41) is 11.8. The fourth-order valence-electron chi connectivity index (χ4n) is 2.03. The van der Waals surface area contributed by atoms with Crippen LogP contribution < -0.4 is 15.8 Å². The maximum atomic E-state index is 12.0. The largest absolute Gasteiger partial charge is 0.490 e. The summed E-state index contributed by atoms with van der Waals surface area (Å²) in [6.07, 6.45) is -0.246. The molecule has 1 aromatic carbocycles. The number of benzene rings is 1. The van der Waals surface area contributed by atoms with Crippen molar-refractivity contribution in [2.24, 2.45) is 5.73 Å². The van der Waals surface area contributed by atoms with Crippen molar-refractivity contribution in [3.05, 3.63) is 28.8 Å². The molecule has 0 saturated carbocycles. The van der Waals surface area contributed by atoms with Crippen molar-refractivity contribution in [2.75, 3.05) is 13.2 Å². The lowest BCUT2D eigenvalue weighted by Crippen LogP contribution is -2.42. The zero-order valence-corrected chi connectivity index (χ0v) is 16.4. The Kier molecular flexibility index (Phi) is 8.92. The van der Waals surface area contributed by atoms with Gasteiger partial charge in [-0.1, -0.05) is 29.5 Å². The number of nitrogens with two attached hydrogens (primary N) is 1. The Morgan fingerprint density at radius 1 is 1.37 bits per heavy atom. The molecule has 4 N–H and O–H groups in total. The van der Waals surface area contributed by atoms with Gasteiger partial charge in [-0.25, -0.2) is 4.79 Å². The van der Waals surface area contributed by atoms with Gasteiger partial charge in [-0.15, -0.1) is 0 Å². The van der Waals surface area contributed by atoms with Crippen molar-refractivity contribution < 1.29 is 24.2 Å². The number of carbonyl (C=O) groups is 2. The van der Waals surface area contributed by atoms with Crippen LogP contribution in [0.2, 0.25) is 5.02 Å². The number of rotatable bonds is 7. The third-order valence-electron chi connectivity index (χ3n) is 3.17. The molecule has 2 amide bonds. The maximum absolute atomic E-state index is 12.0. The minimum absolute atomic E-state index is 0.0587. The maximum Gasteiger partial charge on any atom is 0.407 e. The molecule has 0 radical (unpaired) electrons. The average molecular weight is 397 g/mol. The highest BCUT2D eigenvalue weighted by Crippen LogP contribution is 2.27. The monoisotopic (exact) mass is 396 g/mol. The van der Waals surface area contributed by atoms with Gasteiger partial charge in [-0.2, -0.15) is 0 Å². The van der Waals surface area contributed by atoms with E-state index < -0.39 is 23.6 Å². The van der Waals surface area contributed by atoms with Crippen LogP contribution in [0.5, 0.6) is 5.75 Å². The smallest absolute Gasteiger partial charge is 0.407 e. The molecule has 1 rings (SSSR count). The van der Waals surface area contributed by atoms with Crippen LogP contribution in [-0.4, -0.2) is 42.0 Å². The van der Waals surface area contributed by atoms with Gasteiger partial charge in [-0.05, 0) is 39.3 Å². The SMILES string of the molecule is CC(C)(C)OC(=O)N[C@@H](CCC(N)=O)COc1cccc(C#CCO)c1Cl. The molecule has 0 aliphatic heterocycles. The van der Waals surface area contributed by atoms with Gasteiger partial charge in [0.15, 0.2) is 0 Å². The number of hydrogen-bond donors (Lipinski definition) is 3. The van der Waals surface area contributed by atoms with E-state index in [1.54, 1.807) is 39.0 Å². The van der Waals surface area contributed by atoms with Gasteiger partial charge in [0.05, 0.1) is 11.1 Å². The van der Waals surface area contributed by atoms with Crippen molar-refractivity contribution in [1.82, 2.24) is 5.32 Å². The molecule has 0 fully saturated rings. The van der Waals surface area contributed by atoms with Crippen LogP contribution in [0.15, 0.2) is 18.2 Å². The molecule has 1 aromatic rings. The van der Waals surface area contributed by atoms with Gasteiger partial charge >= 0.3 is 6.09 Å². The topological polar surface area (TPSA) is 111 Å². The summed E-state index contributed by atoms with van der Waals surface area (Å²) in [5.41, 5.74) is 5.05. The van der Waals surface area contributed by atoms with E-state index in [4.69, 9.17) is 31.9 Å². The second-order valence-corrected chi connectivity index (χ2v) is 7.11. The Morgan fingerprint density at radius 2 is 2.07 bits per heavy atom. The summed E-state index contributed by atoms with van der Waals surface area (Å²) in [5.74, 6) is 5.14. The van der Waals surface area contributed by atoms with Crippen LogP contribution in [0, 0.1) is 11.8 Å². The van der Waals surface area contributed by atoms with Gasteiger partial charge in [0.25, 0.3) is 0 Å². The van der Waals surface area contributed by atoms with Gasteiger partial charge in [0.2, 0.25) is 5.91 Å². The number of halogens is 1. The summed E-state index contributed by atoms with van der Waals surface area (Å²) >= 11 is 6.25. The molecule has 148 valence electrons. The van der Waals surface area contributed by atoms with E-state index in [-0.39, 0.29) is 26.1 Å². The van der Waals surface area contributed by atoms with Gasteiger partial charge in [-0.3, -0.25) is 4.79 Å². The zero-order chi connectivity index (χ0) is 20.4. The Hall–Kier alpha value is -2.43. The zero-order valence-electron chi connectivity index (χ0n) is 15.7. The van der Waals surface area contributed by atoms with Crippen LogP contribution >= 0.6 is 11.6 Å². The van der Waals surface area contributed by atoms with E-state index in [1.165, 1.54) is 0 Å². The molecule has 0 aliphatic rings. The standard InChI is InChI=1S/C19H25ClN2O5/c1-19(2,3)27-18(25)22-14(9-10-16(21)24)12-26-15-8-4-6-13(17(15)20)7-5-11-23/h4,6,8,14,23H,9-12H2,1-3H3,(H2,21,24)(H,22,25)/t14-/m0/s1. The van der Waals surface area contributed by atoms with Crippen LogP contribution in [-0.2, 0) is 9.53 Å². The lowest BCUT2D eigenvalue weighted by Gasteiger charge is -2.24. The summed E-state index contributed by atoms with van der Waals surface area (Å²) in [6, 6.07) is 4.56. The van der Waals surface area contributed by atoms with Gasteiger partial charge in [0.1, 0.15) is 24.6 Å². The average Bonchev–Trinajstić information content (AvgIpc) is 2.55. The van der Waals surface area contributed by atoms with E-state index >= 15 is 0 Å². The number of alkyl carbamates (subject to hydrolysis) is 1. The van der Waals surface area contributed by atoms with E-state index in [9.17, 15) is 9.59 Å². The molecule has 0 aliphatic carbocycles. The Labute approximate surface area is 164 Å². The first-order chi connectivity index (χ1) is 12.6. The van der Waals surface area contributed by atoms with Crippen molar-refractivity contribution in [1.29, 1.82) is 0 Å². The highest BCUT2D eigenvalue weighted by atomic mass is 35.5. The molecule has 7 nitrogen and oxygen atoms in total. The first kappa shape index (κ1) is 22.6. The van der Waals surface area contributed by atoms with E-state index in [0.717, 1.165) is 0 Å². The van der Waals surface area contributed by atoms with Crippen molar-refractivity contribution in [3.8, 4) is 17.6 Å². The fraction of sp³-hybridized carbons (Fsp3) is 0.474. The minimum Gasteiger partial charge on any atom is -0.490 e. The summed E-state index contributed by atoms with van der Waals surface area (Å²) in [6.45, 7) is 5.03. The Balaban J connectivity index is 2.81. The van der Waals surface area contributed by atoms with Crippen LogP contribution in [0.4, 0.5) is 4.79 Å². The lowest BCUT2D eigenvalue weighted by atomic mass is 10.1. The predicted octanol–water partition coefficient (Wildman–Crippen LogP) is 2.22. The second-order valence-electron chi connectivity index (χ2n) is 6.74. The molecule has 8 heteroatoms. The van der Waals surface area contributed by atoms with E-state index in [2.05, 4.69) is 17.2 Å². The first-order valence-electron chi connectivity index (χ1n) is 8.41. The Morgan fingerprint density at radius 3 is 2.67 bits per heavy atom. The molecule has 27 heavy (non-hydrogen) atoms. The quantitative estimate of drug-likeness (QED) is 0.612. The number of nitrogens with one attached hydrogen (secondary N) is 1. The number of amides is 2. The molecule has 0 unspecified atom stereocenters. The molecular weight excluding hydrogens is 372 g/mol. The molecule has 1 atom stereocenters. The summed E-state index contributed by atoms with van der Waals surface area (Å²) < 4.78 is 10.9. The molecule has 0 spiro atoms. The van der Waals surface area contributed by atoms with Crippen molar-refractivity contribution in [3.63, 3.8) is 0 Å². The van der Waals surface area contributed by atoms with E-state index in [1.807, 2.05) is 0 Å². The molecule has 0 saturated heterocycles. The van der Waals surface area contributed by atoms with Crippen LogP contribution in [0.1, 0.15) is 39.2 Å². The molecule has 0 heterocycles. The second kappa shape index (κ2) is 10.7. The predicted molar refractivity (Wildman–Crippen MR) is 102 cm³/mol. The van der Waals surface area contributed by atoms with Crippen molar-refractivity contribution >= 4 is 23.6 Å². The van der Waals surface area contributed by atoms with Crippen LogP contribution in [0.3, 0.4) is 0 Å². The number of aliphatic hydroxyl groups excluding tert-OH is 1. The van der Waals surface area contributed by atoms with Gasteiger partial charge in [0, 0.05) is 12.0 Å². The number of ether oxygens (including phenoxy) is 2. The third kappa shape index (κ3) is 9.18. The van der Waals surface area contributed by atoms with Crippen molar-refractivity contribution in [2.45, 2.75) is 45.3 Å². The number of aliphatic hydroxyl groups is 1.